The van der Waals surface area contributed by atoms with Gasteiger partial charge in [-0.05, 0) is 63.7 Å². The minimum Gasteiger partial charge on any atom is -0.364 e. The fourth-order valence-corrected chi connectivity index (χ4v) is 9.04. The third kappa shape index (κ3) is 7.75. The van der Waals surface area contributed by atoms with E-state index in [0.29, 0.717) is 32.4 Å². The van der Waals surface area contributed by atoms with Crippen molar-refractivity contribution >= 4 is 56.5 Å². The maximum absolute atomic E-state index is 12.9. The number of fused-ring (bicyclic) bond motifs is 6. The van der Waals surface area contributed by atoms with Gasteiger partial charge >= 0.3 is 0 Å². The highest BCUT2D eigenvalue weighted by molar-refractivity contribution is 6.13. The summed E-state index contributed by atoms with van der Waals surface area (Å²) in [4.78, 5) is 54.3. The number of hydrogen-bond donors (Lipinski definition) is 2. The Kier molecular flexibility index (Phi) is 11.2. The number of nitrogens with zero attached hydrogens (tertiary/aromatic N) is 3. The zero-order valence-corrected chi connectivity index (χ0v) is 33.7. The van der Waals surface area contributed by atoms with Crippen molar-refractivity contribution < 1.29 is 19.2 Å². The predicted octanol–water partition coefficient (Wildman–Crippen LogP) is 7.60. The molecule has 57 heavy (non-hydrogen) atoms. The summed E-state index contributed by atoms with van der Waals surface area (Å²) in [6.07, 6.45) is 15.1. The van der Waals surface area contributed by atoms with Crippen molar-refractivity contribution in [3.05, 3.63) is 132 Å². The lowest BCUT2D eigenvalue weighted by Gasteiger charge is -2.32. The first-order valence-electron chi connectivity index (χ1n) is 20.1. The number of amides is 4. The molecular formula is C48H53N5O4. The molecule has 9 nitrogen and oxygen atoms in total. The number of allylic oxidation sites excluding steroid dienone is 5. The molecule has 0 radical (unpaired) electrons. The highest BCUT2D eigenvalue weighted by Crippen LogP contribution is 2.51. The fraction of sp³-hybridized carbons (Fsp3) is 0.333. The van der Waals surface area contributed by atoms with E-state index >= 15 is 0 Å². The minimum absolute atomic E-state index is 0.0184. The van der Waals surface area contributed by atoms with Crippen LogP contribution in [-0.4, -0.2) is 67.8 Å². The Bertz CT molecular complexity index is 2330. The molecule has 2 N–H and O–H groups in total. The van der Waals surface area contributed by atoms with E-state index in [-0.39, 0.29) is 41.7 Å². The summed E-state index contributed by atoms with van der Waals surface area (Å²) in [5.74, 6) is -1.05. The Balaban J connectivity index is 0.972. The van der Waals surface area contributed by atoms with E-state index in [0.717, 1.165) is 11.4 Å². The Hall–Kier alpha value is -5.96. The molecule has 0 aliphatic carbocycles. The molecular weight excluding hydrogens is 711 g/mol. The number of likely N-dealkylation sites (N-methyl/N-ethyl adjacent to an activating group) is 1. The van der Waals surface area contributed by atoms with Gasteiger partial charge in [-0.15, -0.1) is 0 Å². The van der Waals surface area contributed by atoms with Gasteiger partial charge in [0.2, 0.25) is 11.8 Å². The summed E-state index contributed by atoms with van der Waals surface area (Å²) in [6.45, 7) is 10.9. The van der Waals surface area contributed by atoms with Crippen LogP contribution in [0.4, 0.5) is 11.4 Å². The highest BCUT2D eigenvalue weighted by atomic mass is 16.2. The van der Waals surface area contributed by atoms with Crippen LogP contribution in [0.15, 0.2) is 121 Å². The summed E-state index contributed by atoms with van der Waals surface area (Å²) in [6, 6.07) is 26.2. The van der Waals surface area contributed by atoms with Crippen molar-refractivity contribution in [2.75, 3.05) is 43.0 Å². The van der Waals surface area contributed by atoms with Gasteiger partial charge in [0, 0.05) is 86.1 Å². The zero-order valence-electron chi connectivity index (χ0n) is 33.7. The third-order valence-electron chi connectivity index (χ3n) is 11.9. The van der Waals surface area contributed by atoms with Gasteiger partial charge in [0.1, 0.15) is 0 Å². The van der Waals surface area contributed by atoms with Gasteiger partial charge in [0.25, 0.3) is 11.8 Å². The molecule has 0 aromatic heterocycles. The standard InChI is InChI=1S/C48H53N5O4/c1-47(2)39(51(5)37-24-22-33-15-9-11-17-35(33)45(37)47)19-7-6-8-20-40-48(3,4)46-36-18-12-10-16-34(36)23-25-38(46)52(40)31-13-21-41(54)49-29-14-30-50-42(55)28-32-53-43(56)26-27-44(53)57/h6-12,15-20,22-27,40H,13-14,21,28-32H2,1-5H3,(H,49,54)(H,50,55)/b7-6+,20-8+,39-19+. The molecule has 4 aromatic rings. The average molecular weight is 764 g/mol. The highest BCUT2D eigenvalue weighted by Gasteiger charge is 2.44. The summed E-state index contributed by atoms with van der Waals surface area (Å²) in [7, 11) is 2.16. The van der Waals surface area contributed by atoms with Gasteiger partial charge in [-0.1, -0.05) is 113 Å². The lowest BCUT2D eigenvalue weighted by molar-refractivity contribution is -0.137. The number of imide groups is 1. The molecule has 294 valence electrons. The SMILES string of the molecule is CN1/C(=C/C=C/C=C/C2N(CCCC(=O)NCCCNC(=O)CCN3C(=O)C=CC3=O)c3ccc4ccccc4c3C2(C)C)C(C)(C)c2c1ccc1ccccc21. The van der Waals surface area contributed by atoms with Crippen molar-refractivity contribution in [3.63, 3.8) is 0 Å². The summed E-state index contributed by atoms with van der Waals surface area (Å²) in [5, 5.41) is 10.8. The summed E-state index contributed by atoms with van der Waals surface area (Å²) >= 11 is 0. The van der Waals surface area contributed by atoms with Crippen molar-refractivity contribution in [1.82, 2.24) is 15.5 Å². The molecule has 4 amide bonds. The van der Waals surface area contributed by atoms with Crippen molar-refractivity contribution in [2.24, 2.45) is 0 Å². The summed E-state index contributed by atoms with van der Waals surface area (Å²) < 4.78 is 0. The molecule has 1 unspecified atom stereocenters. The molecule has 0 saturated heterocycles. The molecule has 1 atom stereocenters. The smallest absolute Gasteiger partial charge is 0.253 e. The quantitative estimate of drug-likeness (QED) is 0.0780. The first-order valence-corrected chi connectivity index (χ1v) is 20.1. The van der Waals surface area contributed by atoms with E-state index in [1.165, 1.54) is 61.9 Å². The maximum Gasteiger partial charge on any atom is 0.253 e. The summed E-state index contributed by atoms with van der Waals surface area (Å²) in [5.41, 5.74) is 6.10. The van der Waals surface area contributed by atoms with Crippen LogP contribution in [0.3, 0.4) is 0 Å². The van der Waals surface area contributed by atoms with Crippen LogP contribution < -0.4 is 20.4 Å². The van der Waals surface area contributed by atoms with E-state index in [1.54, 1.807) is 0 Å². The largest absolute Gasteiger partial charge is 0.364 e. The van der Waals surface area contributed by atoms with Gasteiger partial charge in [-0.3, -0.25) is 24.1 Å². The number of anilines is 2. The van der Waals surface area contributed by atoms with Crippen LogP contribution >= 0.6 is 0 Å². The average Bonchev–Trinajstić information content (AvgIpc) is 3.71. The van der Waals surface area contributed by atoms with Crippen LogP contribution in [0, 0.1) is 0 Å². The first-order chi connectivity index (χ1) is 27.4. The van der Waals surface area contributed by atoms with Crippen molar-refractivity contribution in [2.45, 2.75) is 70.3 Å². The Morgan fingerprint density at radius 2 is 1.28 bits per heavy atom. The molecule has 4 aromatic carbocycles. The monoisotopic (exact) mass is 763 g/mol. The molecule has 0 saturated carbocycles. The van der Waals surface area contributed by atoms with E-state index < -0.39 is 11.8 Å². The van der Waals surface area contributed by atoms with Gasteiger partial charge in [0.05, 0.1) is 6.04 Å². The first kappa shape index (κ1) is 39.3. The van der Waals surface area contributed by atoms with Crippen LogP contribution in [-0.2, 0) is 30.0 Å². The number of rotatable bonds is 14. The van der Waals surface area contributed by atoms with E-state index in [2.05, 4.69) is 158 Å². The second kappa shape index (κ2) is 16.3. The fourth-order valence-electron chi connectivity index (χ4n) is 9.04. The van der Waals surface area contributed by atoms with Gasteiger partial charge in [-0.25, -0.2) is 0 Å². The second-order valence-electron chi connectivity index (χ2n) is 16.3. The number of carbonyl (C=O) groups excluding carboxylic acids is 4. The van der Waals surface area contributed by atoms with E-state index in [1.807, 2.05) is 0 Å². The molecule has 0 bridgehead atoms. The lowest BCUT2D eigenvalue weighted by Crippen LogP contribution is -2.40. The normalized spacial score (nSPS) is 18.9. The molecule has 3 aliphatic rings. The van der Waals surface area contributed by atoms with Gasteiger partial charge < -0.3 is 20.4 Å². The number of benzene rings is 4. The Morgan fingerprint density at radius 1 is 0.684 bits per heavy atom. The molecule has 3 heterocycles. The zero-order chi connectivity index (χ0) is 40.3. The molecule has 0 fully saturated rings. The second-order valence-corrected chi connectivity index (χ2v) is 16.3. The minimum atomic E-state index is -0.396. The van der Waals surface area contributed by atoms with Crippen molar-refractivity contribution in [3.8, 4) is 0 Å². The van der Waals surface area contributed by atoms with E-state index in [4.69, 9.17) is 0 Å². The van der Waals surface area contributed by atoms with Gasteiger partial charge in [-0.2, -0.15) is 0 Å². The maximum atomic E-state index is 12.9. The number of hydrogen-bond acceptors (Lipinski definition) is 6. The van der Waals surface area contributed by atoms with Crippen LogP contribution in [0.2, 0.25) is 0 Å². The topological polar surface area (TPSA) is 102 Å². The van der Waals surface area contributed by atoms with Crippen molar-refractivity contribution in [1.29, 1.82) is 0 Å². The molecule has 0 spiro atoms. The predicted molar refractivity (Wildman–Crippen MR) is 230 cm³/mol. The molecule has 9 heteroatoms. The molecule has 7 rings (SSSR count). The Labute approximate surface area is 335 Å². The van der Waals surface area contributed by atoms with Crippen LogP contribution in [0.5, 0.6) is 0 Å². The lowest BCUT2D eigenvalue weighted by atomic mass is 9.78. The van der Waals surface area contributed by atoms with E-state index in [9.17, 15) is 19.2 Å². The van der Waals surface area contributed by atoms with Gasteiger partial charge in [0.15, 0.2) is 0 Å². The van der Waals surface area contributed by atoms with Crippen LogP contribution in [0.25, 0.3) is 21.5 Å². The number of carbonyl (C=O) groups is 4. The number of nitrogens with one attached hydrogen (secondary N) is 2. The van der Waals surface area contributed by atoms with Crippen LogP contribution in [0.1, 0.15) is 64.5 Å². The molecule has 3 aliphatic heterocycles. The third-order valence-corrected chi connectivity index (χ3v) is 11.9. The Morgan fingerprint density at radius 3 is 1.95 bits per heavy atom.